The van der Waals surface area contributed by atoms with Gasteiger partial charge in [-0.15, -0.1) is 11.3 Å². The Hall–Kier alpha value is -1.08. The van der Waals surface area contributed by atoms with Gasteiger partial charge in [0.1, 0.15) is 0 Å². The molecule has 74 valence electrons. The summed E-state index contributed by atoms with van der Waals surface area (Å²) in [4.78, 5) is 3.00. The van der Waals surface area contributed by atoms with Crippen molar-refractivity contribution in [3.8, 4) is 10.4 Å². The summed E-state index contributed by atoms with van der Waals surface area (Å²) in [7, 11) is 0. The van der Waals surface area contributed by atoms with Gasteiger partial charge in [0, 0.05) is 9.75 Å². The molecule has 0 radical (unpaired) electrons. The zero-order chi connectivity index (χ0) is 9.99. The lowest BCUT2D eigenvalue weighted by molar-refractivity contribution is 1.01. The number of thiophene rings is 1. The lowest BCUT2D eigenvalue weighted by atomic mass is 9.91. The first-order chi connectivity index (χ1) is 7.34. The minimum Gasteiger partial charge on any atom is -0.140 e. The van der Waals surface area contributed by atoms with E-state index in [2.05, 4.69) is 37.3 Å². The van der Waals surface area contributed by atoms with Crippen LogP contribution in [0.25, 0.3) is 10.4 Å². The molecule has 1 heterocycles. The number of aryl methyl sites for hydroxylation is 1. The molecule has 0 amide bonds. The van der Waals surface area contributed by atoms with Gasteiger partial charge < -0.3 is 0 Å². The van der Waals surface area contributed by atoms with Gasteiger partial charge in [0.05, 0.1) is 0 Å². The Bertz CT molecular complexity index is 550. The van der Waals surface area contributed by atoms with Crippen molar-refractivity contribution >= 4 is 11.3 Å². The summed E-state index contributed by atoms with van der Waals surface area (Å²) in [6.07, 6.45) is 1.38. The minimum absolute atomic E-state index is 0.836. The van der Waals surface area contributed by atoms with Crippen LogP contribution in [0.4, 0.5) is 0 Å². The molecule has 0 N–H and O–H groups in total. The molecule has 1 heteroatoms. The van der Waals surface area contributed by atoms with Crippen molar-refractivity contribution in [2.45, 2.75) is 25.2 Å². The van der Waals surface area contributed by atoms with E-state index in [1.165, 1.54) is 16.9 Å². The van der Waals surface area contributed by atoms with Crippen LogP contribution in [0.3, 0.4) is 0 Å². The number of hydrogen-bond donors (Lipinski definition) is 0. The lowest BCUT2D eigenvalue weighted by Gasteiger charge is -2.14. The van der Waals surface area contributed by atoms with Gasteiger partial charge in [-0.1, -0.05) is 24.3 Å². The van der Waals surface area contributed by atoms with Gasteiger partial charge >= 0.3 is 0 Å². The number of hydrogen-bond acceptors (Lipinski definition) is 1. The highest BCUT2D eigenvalue weighted by Gasteiger charge is 2.45. The van der Waals surface area contributed by atoms with Crippen LogP contribution >= 0.6 is 11.3 Å². The normalized spacial score (nSPS) is 25.4. The van der Waals surface area contributed by atoms with Crippen LogP contribution in [0.15, 0.2) is 30.3 Å². The average Bonchev–Trinajstić information content (AvgIpc) is 2.96. The fraction of sp³-hybridized carbons (Fsp3) is 0.286. The Balaban J connectivity index is 2.08. The van der Waals surface area contributed by atoms with Crippen LogP contribution in [0.2, 0.25) is 0 Å². The summed E-state index contributed by atoms with van der Waals surface area (Å²) in [5.74, 6) is 1.68. The fourth-order valence-corrected chi connectivity index (χ4v) is 4.06. The molecule has 2 atom stereocenters. The zero-order valence-corrected chi connectivity index (χ0v) is 9.47. The van der Waals surface area contributed by atoms with Crippen molar-refractivity contribution in [1.82, 2.24) is 0 Å². The molecule has 1 saturated carbocycles. The highest BCUT2D eigenvalue weighted by atomic mass is 32.1. The molecule has 1 aromatic heterocycles. The van der Waals surface area contributed by atoms with Crippen LogP contribution in [0.5, 0.6) is 0 Å². The Kier molecular flexibility index (Phi) is 1.37. The number of fused-ring (bicyclic) bond motifs is 6. The van der Waals surface area contributed by atoms with E-state index in [-0.39, 0.29) is 0 Å². The van der Waals surface area contributed by atoms with Crippen LogP contribution in [0, 0.1) is 6.92 Å². The topological polar surface area (TPSA) is 0 Å². The summed E-state index contributed by atoms with van der Waals surface area (Å²) in [5.41, 5.74) is 4.72. The molecule has 2 unspecified atom stereocenters. The number of benzene rings is 1. The summed E-state index contributed by atoms with van der Waals surface area (Å²) in [6, 6.07) is 11.4. The van der Waals surface area contributed by atoms with Crippen LogP contribution in [0.1, 0.15) is 34.3 Å². The van der Waals surface area contributed by atoms with E-state index < -0.39 is 0 Å². The molecule has 0 bridgehead atoms. The second-order valence-electron chi connectivity index (χ2n) is 4.68. The largest absolute Gasteiger partial charge is 0.140 e. The van der Waals surface area contributed by atoms with Crippen molar-refractivity contribution in [2.24, 2.45) is 0 Å². The third-order valence-electron chi connectivity index (χ3n) is 3.68. The van der Waals surface area contributed by atoms with E-state index in [1.54, 1.807) is 16.0 Å². The van der Waals surface area contributed by atoms with E-state index in [1.807, 2.05) is 11.3 Å². The number of rotatable bonds is 0. The van der Waals surface area contributed by atoms with Gasteiger partial charge in [-0.2, -0.15) is 0 Å². The molecular formula is C14H12S. The van der Waals surface area contributed by atoms with Gasteiger partial charge in [0.2, 0.25) is 0 Å². The predicted molar refractivity (Wildman–Crippen MR) is 64.6 cm³/mol. The van der Waals surface area contributed by atoms with E-state index in [4.69, 9.17) is 0 Å². The highest BCUT2D eigenvalue weighted by Crippen LogP contribution is 2.63. The Labute approximate surface area is 93.6 Å². The van der Waals surface area contributed by atoms with Gasteiger partial charge in [0.25, 0.3) is 0 Å². The van der Waals surface area contributed by atoms with E-state index >= 15 is 0 Å². The molecule has 15 heavy (non-hydrogen) atoms. The van der Waals surface area contributed by atoms with Crippen molar-refractivity contribution in [2.75, 3.05) is 0 Å². The Morgan fingerprint density at radius 2 is 1.93 bits per heavy atom. The maximum atomic E-state index is 2.40. The summed E-state index contributed by atoms with van der Waals surface area (Å²) in [5, 5.41) is 0. The van der Waals surface area contributed by atoms with Gasteiger partial charge in [0.15, 0.2) is 0 Å². The van der Waals surface area contributed by atoms with Crippen LogP contribution < -0.4 is 0 Å². The quantitative estimate of drug-likeness (QED) is 0.610. The Morgan fingerprint density at radius 3 is 2.87 bits per heavy atom. The SMILES string of the molecule is Cc1cc2c(s1)-c1ccccc1C1CC21. The van der Waals surface area contributed by atoms with E-state index in [0.717, 1.165) is 11.8 Å². The highest BCUT2D eigenvalue weighted by molar-refractivity contribution is 7.15. The second kappa shape index (κ2) is 2.53. The maximum absolute atomic E-state index is 2.40. The second-order valence-corrected chi connectivity index (χ2v) is 5.93. The predicted octanol–water partition coefficient (Wildman–Crippen LogP) is 4.31. The third-order valence-corrected chi connectivity index (χ3v) is 4.78. The van der Waals surface area contributed by atoms with Crippen LogP contribution in [-0.2, 0) is 0 Å². The molecule has 0 nitrogen and oxygen atoms in total. The van der Waals surface area contributed by atoms with Gasteiger partial charge in [-0.25, -0.2) is 0 Å². The van der Waals surface area contributed by atoms with Gasteiger partial charge in [-0.3, -0.25) is 0 Å². The fourth-order valence-electron chi connectivity index (χ4n) is 2.93. The van der Waals surface area contributed by atoms with Gasteiger partial charge in [-0.05, 0) is 47.9 Å². The monoisotopic (exact) mass is 212 g/mol. The molecule has 2 aromatic rings. The summed E-state index contributed by atoms with van der Waals surface area (Å²) in [6.45, 7) is 2.23. The molecule has 4 rings (SSSR count). The van der Waals surface area contributed by atoms with Crippen molar-refractivity contribution < 1.29 is 0 Å². The third kappa shape index (κ3) is 0.967. The smallest absolute Gasteiger partial charge is 0.0383 e. The van der Waals surface area contributed by atoms with Crippen molar-refractivity contribution in [3.05, 3.63) is 46.3 Å². The summed E-state index contributed by atoms with van der Waals surface area (Å²) >= 11 is 1.96. The molecule has 0 saturated heterocycles. The lowest BCUT2D eigenvalue weighted by Crippen LogP contribution is -1.94. The zero-order valence-electron chi connectivity index (χ0n) is 8.66. The summed E-state index contributed by atoms with van der Waals surface area (Å²) < 4.78 is 0. The standard InChI is InChI=1S/C14H12S/c1-8-6-13-12-7-11(12)9-4-2-3-5-10(9)14(13)15-8/h2-6,11-12H,7H2,1H3. The minimum atomic E-state index is 0.836. The molecule has 2 aliphatic rings. The molecule has 0 aliphatic heterocycles. The van der Waals surface area contributed by atoms with Crippen molar-refractivity contribution in [1.29, 1.82) is 0 Å². The molecular weight excluding hydrogens is 200 g/mol. The van der Waals surface area contributed by atoms with E-state index in [9.17, 15) is 0 Å². The first-order valence-electron chi connectivity index (χ1n) is 5.54. The maximum Gasteiger partial charge on any atom is 0.0383 e. The van der Waals surface area contributed by atoms with Crippen molar-refractivity contribution in [3.63, 3.8) is 0 Å². The molecule has 0 spiro atoms. The Morgan fingerprint density at radius 1 is 1.13 bits per heavy atom. The first-order valence-corrected chi connectivity index (χ1v) is 6.36. The average molecular weight is 212 g/mol. The first kappa shape index (κ1) is 8.12. The molecule has 1 aromatic carbocycles. The van der Waals surface area contributed by atoms with Crippen LogP contribution in [-0.4, -0.2) is 0 Å². The van der Waals surface area contributed by atoms with E-state index in [0.29, 0.717) is 0 Å². The molecule has 1 fully saturated rings. The molecule has 2 aliphatic carbocycles.